The highest BCUT2D eigenvalue weighted by atomic mass is 35.5. The third-order valence-corrected chi connectivity index (χ3v) is 4.39. The van der Waals surface area contributed by atoms with Crippen LogP contribution in [0.1, 0.15) is 16.8 Å². The molecule has 0 fully saturated rings. The molecule has 132 valence electrons. The van der Waals surface area contributed by atoms with E-state index in [9.17, 15) is 9.59 Å². The molecule has 1 aromatic heterocycles. The third kappa shape index (κ3) is 3.11. The van der Waals surface area contributed by atoms with Crippen molar-refractivity contribution in [3.8, 4) is 11.5 Å². The van der Waals surface area contributed by atoms with Gasteiger partial charge in [0.2, 0.25) is 5.56 Å². The number of benzene rings is 2. The van der Waals surface area contributed by atoms with E-state index in [1.807, 2.05) is 0 Å². The first kappa shape index (κ1) is 16.5. The van der Waals surface area contributed by atoms with Crippen LogP contribution in [0.5, 0.6) is 11.5 Å². The fourth-order valence-corrected chi connectivity index (χ4v) is 3.06. The maximum Gasteiger partial charge on any atom is 0.256 e. The van der Waals surface area contributed by atoms with Gasteiger partial charge in [-0.25, -0.2) is 0 Å². The number of fused-ring (bicyclic) bond motifs is 2. The van der Waals surface area contributed by atoms with Crippen LogP contribution in [0.2, 0.25) is 5.02 Å². The largest absolute Gasteiger partial charge is 0.490 e. The molecule has 26 heavy (non-hydrogen) atoms. The molecule has 0 unspecified atom stereocenters. The number of pyridine rings is 1. The number of anilines is 1. The maximum atomic E-state index is 12.8. The summed E-state index contributed by atoms with van der Waals surface area (Å²) < 4.78 is 11.2. The molecule has 7 heteroatoms. The Balaban J connectivity index is 1.71. The smallest absolute Gasteiger partial charge is 0.256 e. The summed E-state index contributed by atoms with van der Waals surface area (Å²) in [6.07, 6.45) is 0.771. The summed E-state index contributed by atoms with van der Waals surface area (Å²) in [5, 5.41) is 3.74. The number of aromatic nitrogens is 1. The van der Waals surface area contributed by atoms with Crippen molar-refractivity contribution in [2.75, 3.05) is 18.5 Å². The van der Waals surface area contributed by atoms with Gasteiger partial charge in [-0.2, -0.15) is 0 Å². The van der Waals surface area contributed by atoms with Gasteiger partial charge in [0.15, 0.2) is 11.5 Å². The second-order valence-electron chi connectivity index (χ2n) is 5.88. The van der Waals surface area contributed by atoms with Crippen molar-refractivity contribution in [3.63, 3.8) is 0 Å². The Morgan fingerprint density at radius 2 is 1.81 bits per heavy atom. The van der Waals surface area contributed by atoms with Crippen LogP contribution in [0.4, 0.5) is 5.69 Å². The van der Waals surface area contributed by atoms with Crippen molar-refractivity contribution in [2.45, 2.75) is 6.42 Å². The molecule has 2 heterocycles. The highest BCUT2D eigenvalue weighted by Crippen LogP contribution is 2.37. The van der Waals surface area contributed by atoms with Gasteiger partial charge in [-0.05, 0) is 6.07 Å². The number of carbonyl (C=O) groups excluding carboxylic acids is 1. The molecule has 0 saturated heterocycles. The van der Waals surface area contributed by atoms with E-state index in [-0.39, 0.29) is 11.1 Å². The zero-order chi connectivity index (χ0) is 18.1. The number of hydrogen-bond acceptors (Lipinski definition) is 4. The second-order valence-corrected chi connectivity index (χ2v) is 6.28. The predicted octanol–water partition coefficient (Wildman–Crippen LogP) is 3.60. The molecule has 0 aliphatic carbocycles. The molecular formula is C19H15ClN2O4. The second kappa shape index (κ2) is 6.72. The van der Waals surface area contributed by atoms with Crippen molar-refractivity contribution in [2.24, 2.45) is 0 Å². The van der Waals surface area contributed by atoms with Gasteiger partial charge in [-0.15, -0.1) is 0 Å². The minimum Gasteiger partial charge on any atom is -0.490 e. The van der Waals surface area contributed by atoms with Gasteiger partial charge in [0.1, 0.15) is 0 Å². The Bertz CT molecular complexity index is 1060. The molecule has 6 nitrogen and oxygen atoms in total. The number of halogens is 1. The highest BCUT2D eigenvalue weighted by Gasteiger charge is 2.17. The first-order valence-electron chi connectivity index (χ1n) is 8.14. The van der Waals surface area contributed by atoms with E-state index in [0.717, 1.165) is 6.42 Å². The lowest BCUT2D eigenvalue weighted by Gasteiger charge is -2.13. The summed E-state index contributed by atoms with van der Waals surface area (Å²) in [7, 11) is 0. The summed E-state index contributed by atoms with van der Waals surface area (Å²) in [5.41, 5.74) is 0.909. The van der Waals surface area contributed by atoms with Crippen LogP contribution >= 0.6 is 11.6 Å². The van der Waals surface area contributed by atoms with Gasteiger partial charge >= 0.3 is 0 Å². The number of rotatable bonds is 2. The topological polar surface area (TPSA) is 80.4 Å². The van der Waals surface area contributed by atoms with E-state index in [2.05, 4.69) is 10.3 Å². The van der Waals surface area contributed by atoms with Crippen molar-refractivity contribution >= 4 is 34.1 Å². The van der Waals surface area contributed by atoms with Crippen LogP contribution < -0.4 is 20.3 Å². The molecule has 4 rings (SSSR count). The summed E-state index contributed by atoms with van der Waals surface area (Å²) in [6, 6.07) is 11.6. The number of amides is 1. The van der Waals surface area contributed by atoms with Gasteiger partial charge < -0.3 is 19.8 Å². The van der Waals surface area contributed by atoms with E-state index >= 15 is 0 Å². The fraction of sp³-hybridized carbons (Fsp3) is 0.158. The number of aromatic amines is 1. The van der Waals surface area contributed by atoms with Gasteiger partial charge in [-0.3, -0.25) is 9.59 Å². The normalized spacial score (nSPS) is 13.3. The average Bonchev–Trinajstić information content (AvgIpc) is 2.86. The third-order valence-electron chi connectivity index (χ3n) is 4.08. The molecule has 0 atom stereocenters. The lowest BCUT2D eigenvalue weighted by molar-refractivity contribution is 0.102. The number of para-hydroxylation sites is 1. The van der Waals surface area contributed by atoms with Crippen LogP contribution in [0.25, 0.3) is 10.9 Å². The van der Waals surface area contributed by atoms with E-state index in [1.54, 1.807) is 36.4 Å². The number of H-pyrrole nitrogens is 1. The molecule has 2 N–H and O–H groups in total. The van der Waals surface area contributed by atoms with Crippen LogP contribution in [0.3, 0.4) is 0 Å². The van der Waals surface area contributed by atoms with Crippen LogP contribution in [0.15, 0.2) is 47.3 Å². The summed E-state index contributed by atoms with van der Waals surface area (Å²) >= 11 is 6.28. The SMILES string of the molecule is O=C(Nc1cc2c(cc1Cl)OCCCO2)c1cc(=O)[nH]c2ccccc12. The molecule has 1 aliphatic rings. The molecule has 0 spiro atoms. The fourth-order valence-electron chi connectivity index (χ4n) is 2.86. The Morgan fingerprint density at radius 1 is 1.08 bits per heavy atom. The van der Waals surface area contributed by atoms with Crippen LogP contribution in [-0.4, -0.2) is 24.1 Å². The van der Waals surface area contributed by atoms with Crippen molar-refractivity contribution < 1.29 is 14.3 Å². The summed E-state index contributed by atoms with van der Waals surface area (Å²) in [4.78, 5) is 27.3. The molecule has 3 aromatic rings. The minimum atomic E-state index is -0.427. The Labute approximate surface area is 153 Å². The summed E-state index contributed by atoms with van der Waals surface area (Å²) in [5.74, 6) is 0.647. The number of carbonyl (C=O) groups is 1. The van der Waals surface area contributed by atoms with Crippen molar-refractivity contribution in [1.29, 1.82) is 0 Å². The Kier molecular flexibility index (Phi) is 4.26. The zero-order valence-electron chi connectivity index (χ0n) is 13.7. The maximum absolute atomic E-state index is 12.8. The van der Waals surface area contributed by atoms with Gasteiger partial charge in [0, 0.05) is 35.5 Å². The summed E-state index contributed by atoms with van der Waals surface area (Å²) in [6.45, 7) is 1.08. The number of ether oxygens (including phenoxy) is 2. The van der Waals surface area contributed by atoms with Crippen LogP contribution in [0, 0.1) is 0 Å². The molecule has 1 aliphatic heterocycles. The van der Waals surface area contributed by atoms with E-state index in [1.165, 1.54) is 6.07 Å². The molecule has 1 amide bonds. The highest BCUT2D eigenvalue weighted by molar-refractivity contribution is 6.34. The van der Waals surface area contributed by atoms with Gasteiger partial charge in [-0.1, -0.05) is 29.8 Å². The predicted molar refractivity (Wildman–Crippen MR) is 99.6 cm³/mol. The molecule has 0 saturated carbocycles. The van der Waals surface area contributed by atoms with Crippen molar-refractivity contribution in [1.82, 2.24) is 4.98 Å². The average molecular weight is 371 g/mol. The minimum absolute atomic E-state index is 0.271. The Morgan fingerprint density at radius 3 is 2.62 bits per heavy atom. The first-order chi connectivity index (χ1) is 12.6. The first-order valence-corrected chi connectivity index (χ1v) is 8.52. The monoisotopic (exact) mass is 370 g/mol. The lowest BCUT2D eigenvalue weighted by Crippen LogP contribution is -2.17. The zero-order valence-corrected chi connectivity index (χ0v) is 14.4. The van der Waals surface area contributed by atoms with E-state index < -0.39 is 5.91 Å². The van der Waals surface area contributed by atoms with E-state index in [0.29, 0.717) is 46.3 Å². The van der Waals surface area contributed by atoms with Crippen LogP contribution in [-0.2, 0) is 0 Å². The molecule has 2 aromatic carbocycles. The number of hydrogen-bond donors (Lipinski definition) is 2. The van der Waals surface area contributed by atoms with E-state index in [4.69, 9.17) is 21.1 Å². The number of nitrogens with one attached hydrogen (secondary N) is 2. The Hall–Kier alpha value is -2.99. The lowest BCUT2D eigenvalue weighted by atomic mass is 10.1. The molecule has 0 bridgehead atoms. The van der Waals surface area contributed by atoms with Gasteiger partial charge in [0.05, 0.1) is 29.5 Å². The molecular weight excluding hydrogens is 356 g/mol. The molecule has 0 radical (unpaired) electrons. The van der Waals surface area contributed by atoms with Gasteiger partial charge in [0.25, 0.3) is 5.91 Å². The quantitative estimate of drug-likeness (QED) is 0.722. The van der Waals surface area contributed by atoms with Crippen molar-refractivity contribution in [3.05, 3.63) is 63.4 Å². The standard InChI is InChI=1S/C19H15ClN2O4/c20-13-9-16-17(26-7-3-6-25-16)10-15(13)22-19(24)12-8-18(23)21-14-5-2-1-4-11(12)14/h1-2,4-5,8-10H,3,6-7H2,(H,21,23)(H,22,24).